The summed E-state index contributed by atoms with van der Waals surface area (Å²) in [6.07, 6.45) is 0. The minimum atomic E-state index is 0.404. The van der Waals surface area contributed by atoms with Crippen molar-refractivity contribution in [1.29, 1.82) is 0 Å². The third-order valence-electron chi connectivity index (χ3n) is 1.96. The first-order chi connectivity index (χ1) is 7.79. The van der Waals surface area contributed by atoms with E-state index in [-0.39, 0.29) is 0 Å². The fourth-order valence-electron chi connectivity index (χ4n) is 1.30. The van der Waals surface area contributed by atoms with Crippen LogP contribution in [0.5, 0.6) is 5.95 Å². The zero-order valence-corrected chi connectivity index (χ0v) is 9.66. The molecule has 0 spiro atoms. The van der Waals surface area contributed by atoms with Gasteiger partial charge < -0.3 is 9.15 Å². The molecular formula is C12H11NO2S. The van der Waals surface area contributed by atoms with Gasteiger partial charge in [-0.2, -0.15) is 0 Å². The summed E-state index contributed by atoms with van der Waals surface area (Å²) in [7, 11) is 0. The number of benzene rings is 1. The number of aromatic nitrogens is 1. The second-order valence-corrected chi connectivity index (χ2v) is 3.54. The molecule has 0 aliphatic rings. The summed E-state index contributed by atoms with van der Waals surface area (Å²) in [6, 6.07) is 11.2. The molecule has 2 aromatic rings. The fraction of sp³-hybridized carbons (Fsp3) is 0.167. The van der Waals surface area contributed by atoms with Crippen LogP contribution >= 0.6 is 12.2 Å². The molecule has 0 bridgehead atoms. The van der Waals surface area contributed by atoms with Gasteiger partial charge in [-0.15, -0.1) is 0 Å². The van der Waals surface area contributed by atoms with Crippen molar-refractivity contribution in [2.75, 3.05) is 6.61 Å². The van der Waals surface area contributed by atoms with Gasteiger partial charge in [0.1, 0.15) is 4.64 Å². The maximum atomic E-state index is 5.48. The Morgan fingerprint density at radius 2 is 2.06 bits per heavy atom. The lowest BCUT2D eigenvalue weighted by molar-refractivity contribution is 0.251. The van der Waals surface area contributed by atoms with Crippen LogP contribution in [0.3, 0.4) is 0 Å². The van der Waals surface area contributed by atoms with Crippen LogP contribution in [0.25, 0.3) is 11.5 Å². The predicted octanol–water partition coefficient (Wildman–Crippen LogP) is 3.47. The molecule has 82 valence electrons. The number of hydrogen-bond acceptors (Lipinski definition) is 4. The Balaban J connectivity index is 2.45. The predicted molar refractivity (Wildman–Crippen MR) is 63.9 cm³/mol. The quantitative estimate of drug-likeness (QED) is 0.760. The molecule has 2 rings (SSSR count). The second-order valence-electron chi connectivity index (χ2n) is 3.12. The van der Waals surface area contributed by atoms with Gasteiger partial charge >= 0.3 is 0 Å². The lowest BCUT2D eigenvalue weighted by atomic mass is 10.2. The zero-order valence-electron chi connectivity index (χ0n) is 8.84. The van der Waals surface area contributed by atoms with Gasteiger partial charge in [-0.05, 0) is 19.1 Å². The Labute approximate surface area is 98.7 Å². The molecule has 0 radical (unpaired) electrons. The van der Waals surface area contributed by atoms with Crippen molar-refractivity contribution >= 4 is 12.2 Å². The van der Waals surface area contributed by atoms with Gasteiger partial charge in [-0.3, -0.25) is 0 Å². The highest BCUT2D eigenvalue weighted by molar-refractivity contribution is 7.71. The topological polar surface area (TPSA) is 35.3 Å². The van der Waals surface area contributed by atoms with Gasteiger partial charge in [0.05, 0.1) is 12.7 Å². The molecule has 0 atom stereocenters. The van der Waals surface area contributed by atoms with E-state index in [1.165, 1.54) is 0 Å². The smallest absolute Gasteiger partial charge is 0.289 e. The Hall–Kier alpha value is -1.68. The first-order valence-corrected chi connectivity index (χ1v) is 5.41. The van der Waals surface area contributed by atoms with E-state index in [1.54, 1.807) is 6.07 Å². The number of ether oxygens (including phenoxy) is 1. The number of nitrogens with zero attached hydrogens (tertiary/aromatic N) is 1. The maximum absolute atomic E-state index is 5.48. The lowest BCUT2D eigenvalue weighted by Crippen LogP contribution is -1.93. The second kappa shape index (κ2) is 4.90. The normalized spacial score (nSPS) is 10.1. The molecule has 0 aliphatic heterocycles. The first kappa shape index (κ1) is 10.8. The summed E-state index contributed by atoms with van der Waals surface area (Å²) >= 11 is 5.05. The Morgan fingerprint density at radius 3 is 2.75 bits per heavy atom. The van der Waals surface area contributed by atoms with Crippen molar-refractivity contribution < 1.29 is 9.15 Å². The van der Waals surface area contributed by atoms with Crippen molar-refractivity contribution in [1.82, 2.24) is 4.98 Å². The molecule has 1 aromatic carbocycles. The van der Waals surface area contributed by atoms with Crippen LogP contribution in [0.1, 0.15) is 6.92 Å². The van der Waals surface area contributed by atoms with E-state index in [1.807, 2.05) is 37.3 Å². The van der Waals surface area contributed by atoms with Gasteiger partial charge in [0.15, 0.2) is 0 Å². The SMILES string of the molecule is CCOc1cc(=S)nc(-c2ccccc2)o1. The third-order valence-corrected chi connectivity index (χ3v) is 2.17. The Bertz CT molecular complexity index is 522. The van der Waals surface area contributed by atoms with Crippen molar-refractivity contribution in [2.45, 2.75) is 6.92 Å². The van der Waals surface area contributed by atoms with E-state index in [4.69, 9.17) is 21.4 Å². The third kappa shape index (κ3) is 2.46. The zero-order chi connectivity index (χ0) is 11.4. The lowest BCUT2D eigenvalue weighted by Gasteiger charge is -2.04. The van der Waals surface area contributed by atoms with Crippen LogP contribution in [-0.4, -0.2) is 11.6 Å². The average Bonchev–Trinajstić information content (AvgIpc) is 2.30. The highest BCUT2D eigenvalue weighted by atomic mass is 32.1. The molecule has 0 aliphatic carbocycles. The largest absolute Gasteiger partial charge is 0.465 e. The molecule has 3 nitrogen and oxygen atoms in total. The van der Waals surface area contributed by atoms with Crippen LogP contribution in [-0.2, 0) is 0 Å². The monoisotopic (exact) mass is 233 g/mol. The Kier molecular flexibility index (Phi) is 3.31. The molecule has 0 saturated heterocycles. The van der Waals surface area contributed by atoms with Gasteiger partial charge in [0.25, 0.3) is 5.95 Å². The number of rotatable bonds is 3. The summed E-state index contributed by atoms with van der Waals surface area (Å²) in [5.74, 6) is 0.887. The molecular weight excluding hydrogens is 222 g/mol. The molecule has 0 amide bonds. The van der Waals surface area contributed by atoms with Crippen LogP contribution in [0.4, 0.5) is 0 Å². The number of hydrogen-bond donors (Lipinski definition) is 0. The van der Waals surface area contributed by atoms with E-state index in [0.717, 1.165) is 5.56 Å². The average molecular weight is 233 g/mol. The summed E-state index contributed by atoms with van der Waals surface area (Å²) in [4.78, 5) is 4.15. The molecule has 4 heteroatoms. The summed E-state index contributed by atoms with van der Waals surface area (Å²) in [6.45, 7) is 2.43. The van der Waals surface area contributed by atoms with Crippen molar-refractivity contribution in [3.05, 3.63) is 41.0 Å². The van der Waals surface area contributed by atoms with Crippen LogP contribution in [0.15, 0.2) is 40.8 Å². The van der Waals surface area contributed by atoms with Gasteiger partial charge in [0.2, 0.25) is 5.89 Å². The molecule has 16 heavy (non-hydrogen) atoms. The van der Waals surface area contributed by atoms with Crippen LogP contribution < -0.4 is 4.74 Å². The molecule has 1 heterocycles. The fourth-order valence-corrected chi connectivity index (χ4v) is 1.48. The van der Waals surface area contributed by atoms with E-state index in [9.17, 15) is 0 Å². The van der Waals surface area contributed by atoms with E-state index in [2.05, 4.69) is 4.98 Å². The van der Waals surface area contributed by atoms with Gasteiger partial charge in [0, 0.05) is 5.56 Å². The van der Waals surface area contributed by atoms with Crippen molar-refractivity contribution in [3.63, 3.8) is 0 Å². The first-order valence-electron chi connectivity index (χ1n) is 5.00. The van der Waals surface area contributed by atoms with Gasteiger partial charge in [-0.1, -0.05) is 30.4 Å². The maximum Gasteiger partial charge on any atom is 0.289 e. The van der Waals surface area contributed by atoms with Crippen molar-refractivity contribution in [3.8, 4) is 17.4 Å². The molecule has 1 aromatic heterocycles. The standard InChI is InChI=1S/C12H11NO2S/c1-2-14-11-8-10(16)13-12(15-11)9-6-4-3-5-7-9/h3-8H,2H2,1H3. The molecule has 0 saturated carbocycles. The molecule has 0 unspecified atom stereocenters. The summed E-state index contributed by atoms with van der Waals surface area (Å²) < 4.78 is 11.2. The van der Waals surface area contributed by atoms with E-state index in [0.29, 0.717) is 23.1 Å². The highest BCUT2D eigenvalue weighted by Crippen LogP contribution is 2.21. The van der Waals surface area contributed by atoms with Crippen molar-refractivity contribution in [2.24, 2.45) is 0 Å². The van der Waals surface area contributed by atoms with Crippen LogP contribution in [0.2, 0.25) is 0 Å². The minimum Gasteiger partial charge on any atom is -0.465 e. The van der Waals surface area contributed by atoms with Crippen LogP contribution in [0, 0.1) is 4.64 Å². The Morgan fingerprint density at radius 1 is 1.31 bits per heavy atom. The molecule has 0 N–H and O–H groups in total. The highest BCUT2D eigenvalue weighted by Gasteiger charge is 2.04. The minimum absolute atomic E-state index is 0.404. The van der Waals surface area contributed by atoms with Gasteiger partial charge in [-0.25, -0.2) is 4.98 Å². The summed E-state index contributed by atoms with van der Waals surface area (Å²) in [5.41, 5.74) is 0.884. The van der Waals surface area contributed by atoms with E-state index >= 15 is 0 Å². The van der Waals surface area contributed by atoms with E-state index < -0.39 is 0 Å². The summed E-state index contributed by atoms with van der Waals surface area (Å²) in [5, 5.41) is 0. The molecule has 0 fully saturated rings.